The number of nitrogens with two attached hydrogens (primary N) is 1. The summed E-state index contributed by atoms with van der Waals surface area (Å²) >= 11 is 1.62. The highest BCUT2D eigenvalue weighted by atomic mass is 32.2. The predicted molar refractivity (Wildman–Crippen MR) is 119 cm³/mol. The van der Waals surface area contributed by atoms with Crippen LogP contribution in [0, 0.1) is 5.92 Å². The maximum absolute atomic E-state index is 13.3. The first-order chi connectivity index (χ1) is 14.7. The van der Waals surface area contributed by atoms with E-state index in [0.717, 1.165) is 12.2 Å². The standard InChI is InChI=1S/C21H36N4O5S/c1-13(2)12-15(21(29)30)23-18(26)16-6-4-9-24(16)20(28)17-7-5-10-25(17)19(27)14(22)8-11-31-3/h13-17H,4-12,22H2,1-3H3,(H,23,26)(H,29,30). The van der Waals surface area contributed by atoms with E-state index in [1.807, 2.05) is 20.1 Å². The molecule has 0 aliphatic carbocycles. The van der Waals surface area contributed by atoms with Crippen LogP contribution in [0.2, 0.25) is 0 Å². The summed E-state index contributed by atoms with van der Waals surface area (Å²) in [7, 11) is 0. The van der Waals surface area contributed by atoms with Crippen molar-refractivity contribution in [3.63, 3.8) is 0 Å². The third-order valence-electron chi connectivity index (χ3n) is 5.93. The molecule has 0 radical (unpaired) electrons. The summed E-state index contributed by atoms with van der Waals surface area (Å²) in [5, 5.41) is 12.0. The number of rotatable bonds is 10. The van der Waals surface area contributed by atoms with Crippen molar-refractivity contribution in [2.24, 2.45) is 11.7 Å². The lowest BCUT2D eigenvalue weighted by Gasteiger charge is -2.32. The van der Waals surface area contributed by atoms with Crippen LogP contribution in [0.1, 0.15) is 52.4 Å². The van der Waals surface area contributed by atoms with Crippen molar-refractivity contribution in [3.8, 4) is 0 Å². The number of carboxylic acids is 1. The van der Waals surface area contributed by atoms with Crippen LogP contribution in [-0.2, 0) is 19.2 Å². The van der Waals surface area contributed by atoms with Crippen LogP contribution in [0.25, 0.3) is 0 Å². The minimum Gasteiger partial charge on any atom is -0.480 e. The van der Waals surface area contributed by atoms with E-state index in [1.54, 1.807) is 16.7 Å². The van der Waals surface area contributed by atoms with E-state index >= 15 is 0 Å². The Kier molecular flexibility index (Phi) is 9.61. The van der Waals surface area contributed by atoms with Crippen LogP contribution in [0.3, 0.4) is 0 Å². The van der Waals surface area contributed by atoms with Gasteiger partial charge in [0.25, 0.3) is 0 Å². The maximum atomic E-state index is 13.3. The smallest absolute Gasteiger partial charge is 0.326 e. The SMILES string of the molecule is CSCCC(N)C(=O)N1CCCC1C(=O)N1CCCC1C(=O)NC(CC(C)C)C(=O)O. The fraction of sp³-hybridized carbons (Fsp3) is 0.810. The minimum atomic E-state index is -1.08. The maximum Gasteiger partial charge on any atom is 0.326 e. The highest BCUT2D eigenvalue weighted by Crippen LogP contribution is 2.26. The summed E-state index contributed by atoms with van der Waals surface area (Å²) in [4.78, 5) is 53.5. The van der Waals surface area contributed by atoms with Crippen LogP contribution in [-0.4, -0.2) is 87.9 Å². The zero-order valence-corrected chi connectivity index (χ0v) is 19.5. The summed E-state index contributed by atoms with van der Waals surface area (Å²) < 4.78 is 0. The summed E-state index contributed by atoms with van der Waals surface area (Å²) in [6, 6.07) is -2.92. The Morgan fingerprint density at radius 2 is 1.71 bits per heavy atom. The van der Waals surface area contributed by atoms with Crippen LogP contribution >= 0.6 is 11.8 Å². The second-order valence-electron chi connectivity index (χ2n) is 8.80. The molecule has 0 bridgehead atoms. The number of hydrogen-bond donors (Lipinski definition) is 3. The third kappa shape index (κ3) is 6.58. The van der Waals surface area contributed by atoms with E-state index in [1.165, 1.54) is 4.90 Å². The van der Waals surface area contributed by atoms with E-state index in [2.05, 4.69) is 5.32 Å². The number of thioether (sulfide) groups is 1. The van der Waals surface area contributed by atoms with Crippen molar-refractivity contribution in [2.45, 2.75) is 76.5 Å². The number of aliphatic carboxylic acids is 1. The molecule has 10 heteroatoms. The lowest BCUT2D eigenvalue weighted by atomic mass is 10.0. The summed E-state index contributed by atoms with van der Waals surface area (Å²) in [5.41, 5.74) is 6.05. The lowest BCUT2D eigenvalue weighted by Crippen LogP contribution is -2.56. The highest BCUT2D eigenvalue weighted by molar-refractivity contribution is 7.98. The molecule has 3 amide bonds. The second kappa shape index (κ2) is 11.7. The number of amides is 3. The van der Waals surface area contributed by atoms with Crippen molar-refractivity contribution < 1.29 is 24.3 Å². The molecule has 0 aromatic heterocycles. The molecule has 176 valence electrons. The normalized spacial score (nSPS) is 23.1. The van der Waals surface area contributed by atoms with E-state index < -0.39 is 36.0 Å². The van der Waals surface area contributed by atoms with Gasteiger partial charge in [0.15, 0.2) is 0 Å². The zero-order valence-electron chi connectivity index (χ0n) is 18.7. The molecule has 4 unspecified atom stereocenters. The van der Waals surface area contributed by atoms with Gasteiger partial charge in [-0.1, -0.05) is 13.8 Å². The first kappa shape index (κ1) is 25.5. The molecule has 0 spiro atoms. The number of carbonyl (C=O) groups is 4. The van der Waals surface area contributed by atoms with Gasteiger partial charge in [-0.05, 0) is 56.5 Å². The molecule has 9 nitrogen and oxygen atoms in total. The Morgan fingerprint density at radius 3 is 2.29 bits per heavy atom. The van der Waals surface area contributed by atoms with Gasteiger partial charge in [-0.25, -0.2) is 4.79 Å². The van der Waals surface area contributed by atoms with E-state index in [-0.39, 0.29) is 17.7 Å². The van der Waals surface area contributed by atoms with Gasteiger partial charge in [-0.2, -0.15) is 11.8 Å². The fourth-order valence-corrected chi connectivity index (χ4v) is 4.81. The summed E-state index contributed by atoms with van der Waals surface area (Å²) in [5.74, 6) is -1.09. The average Bonchev–Trinajstić information content (AvgIpc) is 3.39. The molecule has 2 heterocycles. The molecule has 2 saturated heterocycles. The largest absolute Gasteiger partial charge is 0.480 e. The molecule has 0 saturated carbocycles. The van der Waals surface area contributed by atoms with Crippen LogP contribution in [0.4, 0.5) is 0 Å². The van der Waals surface area contributed by atoms with Crippen LogP contribution in [0.5, 0.6) is 0 Å². The second-order valence-corrected chi connectivity index (χ2v) is 9.78. The molecule has 4 atom stereocenters. The first-order valence-electron chi connectivity index (χ1n) is 11.1. The minimum absolute atomic E-state index is 0.107. The quantitative estimate of drug-likeness (QED) is 0.440. The van der Waals surface area contributed by atoms with Crippen molar-refractivity contribution in [2.75, 3.05) is 25.1 Å². The molecule has 0 aromatic rings. The molecular formula is C21H36N4O5S. The molecule has 2 aliphatic heterocycles. The number of nitrogens with one attached hydrogen (secondary N) is 1. The van der Waals surface area contributed by atoms with Crippen molar-refractivity contribution >= 4 is 35.5 Å². The molecule has 0 aromatic carbocycles. The third-order valence-corrected chi connectivity index (χ3v) is 6.58. The molecule has 4 N–H and O–H groups in total. The Morgan fingerprint density at radius 1 is 1.10 bits per heavy atom. The number of carbonyl (C=O) groups excluding carboxylic acids is 3. The van der Waals surface area contributed by atoms with Gasteiger partial charge in [0, 0.05) is 13.1 Å². The van der Waals surface area contributed by atoms with Crippen molar-refractivity contribution in [1.82, 2.24) is 15.1 Å². The molecule has 2 fully saturated rings. The van der Waals surface area contributed by atoms with Crippen LogP contribution in [0.15, 0.2) is 0 Å². The Bertz CT molecular complexity index is 674. The van der Waals surface area contributed by atoms with Gasteiger partial charge in [0.05, 0.1) is 6.04 Å². The van der Waals surface area contributed by atoms with E-state index in [4.69, 9.17) is 5.73 Å². The topological polar surface area (TPSA) is 133 Å². The molecule has 2 aliphatic rings. The Balaban J connectivity index is 2.06. The highest BCUT2D eigenvalue weighted by Gasteiger charge is 2.43. The Labute approximate surface area is 188 Å². The van der Waals surface area contributed by atoms with Gasteiger partial charge in [-0.3, -0.25) is 14.4 Å². The monoisotopic (exact) mass is 456 g/mol. The Hall–Kier alpha value is -1.81. The van der Waals surface area contributed by atoms with Gasteiger partial charge >= 0.3 is 5.97 Å². The molecule has 2 rings (SSSR count). The number of likely N-dealkylation sites (tertiary alicyclic amines) is 2. The number of hydrogen-bond acceptors (Lipinski definition) is 6. The summed E-state index contributed by atoms with van der Waals surface area (Å²) in [6.07, 6.45) is 5.25. The van der Waals surface area contributed by atoms with Gasteiger partial charge in [0.2, 0.25) is 17.7 Å². The van der Waals surface area contributed by atoms with Gasteiger partial charge in [-0.15, -0.1) is 0 Å². The van der Waals surface area contributed by atoms with E-state index in [9.17, 15) is 24.3 Å². The zero-order chi connectivity index (χ0) is 23.1. The van der Waals surface area contributed by atoms with Crippen LogP contribution < -0.4 is 11.1 Å². The van der Waals surface area contributed by atoms with Crippen molar-refractivity contribution in [3.05, 3.63) is 0 Å². The lowest BCUT2D eigenvalue weighted by molar-refractivity contribution is -0.148. The predicted octanol–water partition coefficient (Wildman–Crippen LogP) is 0.664. The van der Waals surface area contributed by atoms with Gasteiger partial charge < -0.3 is 26.0 Å². The number of nitrogens with zero attached hydrogens (tertiary/aromatic N) is 2. The fourth-order valence-electron chi connectivity index (χ4n) is 4.32. The van der Waals surface area contributed by atoms with E-state index in [0.29, 0.717) is 45.2 Å². The van der Waals surface area contributed by atoms with Gasteiger partial charge in [0.1, 0.15) is 18.1 Å². The molecular weight excluding hydrogens is 420 g/mol. The van der Waals surface area contributed by atoms with Crippen molar-refractivity contribution in [1.29, 1.82) is 0 Å². The average molecular weight is 457 g/mol. The molecule has 31 heavy (non-hydrogen) atoms. The first-order valence-corrected chi connectivity index (χ1v) is 12.4. The summed E-state index contributed by atoms with van der Waals surface area (Å²) in [6.45, 7) is 4.70. The number of carboxylic acid groups (broad SMARTS) is 1.